The Hall–Kier alpha value is -1.91. The van der Waals surface area contributed by atoms with E-state index in [9.17, 15) is 15.0 Å². The fraction of sp³-hybridized carbons (Fsp3) is 0.611. The Labute approximate surface area is 137 Å². The van der Waals surface area contributed by atoms with Crippen LogP contribution in [0.15, 0.2) is 0 Å². The third-order valence-corrected chi connectivity index (χ3v) is 4.58. The molecule has 0 spiro atoms. The molecule has 0 aromatic heterocycles. The number of rotatable bonds is 4. The summed E-state index contributed by atoms with van der Waals surface area (Å²) in [6.07, 6.45) is 0.298. The molecule has 1 aromatic carbocycles. The van der Waals surface area contributed by atoms with Crippen LogP contribution < -0.4 is 4.74 Å². The molecule has 5 heteroatoms. The highest BCUT2D eigenvalue weighted by molar-refractivity contribution is 5.97. The smallest absolute Gasteiger partial charge is 0.339 e. The Morgan fingerprint density at radius 2 is 1.83 bits per heavy atom. The van der Waals surface area contributed by atoms with Crippen LogP contribution in [0.1, 0.15) is 75.4 Å². The summed E-state index contributed by atoms with van der Waals surface area (Å²) >= 11 is 0. The van der Waals surface area contributed by atoms with Crippen molar-refractivity contribution in [3.8, 4) is 17.2 Å². The third kappa shape index (κ3) is 2.52. The van der Waals surface area contributed by atoms with Crippen molar-refractivity contribution in [3.05, 3.63) is 16.7 Å². The van der Waals surface area contributed by atoms with Crippen molar-refractivity contribution in [1.29, 1.82) is 0 Å². The second-order valence-corrected chi connectivity index (χ2v) is 6.80. The number of fused-ring (bicyclic) bond motifs is 1. The van der Waals surface area contributed by atoms with Crippen LogP contribution >= 0.6 is 0 Å². The first-order chi connectivity index (χ1) is 10.7. The quantitative estimate of drug-likeness (QED) is 0.824. The number of benzene rings is 1. The maximum atomic E-state index is 12.6. The normalized spacial score (nSPS) is 19.4. The maximum Gasteiger partial charge on any atom is 0.339 e. The van der Waals surface area contributed by atoms with Crippen molar-refractivity contribution in [2.24, 2.45) is 0 Å². The number of phenolic OH excluding ortho intramolecular Hbond substituents is 2. The number of carbonyl (C=O) groups is 1. The van der Waals surface area contributed by atoms with E-state index in [2.05, 4.69) is 0 Å². The van der Waals surface area contributed by atoms with Crippen molar-refractivity contribution in [2.75, 3.05) is 6.61 Å². The van der Waals surface area contributed by atoms with E-state index in [1.54, 1.807) is 6.92 Å². The summed E-state index contributed by atoms with van der Waals surface area (Å²) in [5, 5.41) is 21.3. The molecule has 1 aromatic rings. The Kier molecular flexibility index (Phi) is 4.51. The summed E-state index contributed by atoms with van der Waals surface area (Å²) < 4.78 is 11.0. The van der Waals surface area contributed by atoms with Gasteiger partial charge in [-0.2, -0.15) is 0 Å². The molecule has 128 valence electrons. The topological polar surface area (TPSA) is 76.0 Å². The van der Waals surface area contributed by atoms with Crippen LogP contribution in [0.5, 0.6) is 17.2 Å². The molecule has 0 saturated carbocycles. The first kappa shape index (κ1) is 17.4. The van der Waals surface area contributed by atoms with E-state index in [-0.39, 0.29) is 34.8 Å². The van der Waals surface area contributed by atoms with E-state index >= 15 is 0 Å². The highest BCUT2D eigenvalue weighted by atomic mass is 16.5. The van der Waals surface area contributed by atoms with E-state index < -0.39 is 11.4 Å². The average molecular weight is 322 g/mol. The van der Waals surface area contributed by atoms with Gasteiger partial charge in [-0.15, -0.1) is 0 Å². The number of aromatic hydroxyl groups is 2. The maximum absolute atomic E-state index is 12.6. The Morgan fingerprint density at radius 1 is 1.22 bits per heavy atom. The van der Waals surface area contributed by atoms with Gasteiger partial charge in [-0.25, -0.2) is 4.79 Å². The summed E-state index contributed by atoms with van der Waals surface area (Å²) in [6.45, 7) is 11.7. The molecule has 23 heavy (non-hydrogen) atoms. The van der Waals surface area contributed by atoms with Gasteiger partial charge < -0.3 is 19.7 Å². The monoisotopic (exact) mass is 322 g/mol. The van der Waals surface area contributed by atoms with Crippen LogP contribution in [0.4, 0.5) is 0 Å². The number of hydrogen-bond acceptors (Lipinski definition) is 5. The van der Waals surface area contributed by atoms with Gasteiger partial charge >= 0.3 is 5.97 Å². The minimum Gasteiger partial charge on any atom is -0.504 e. The summed E-state index contributed by atoms with van der Waals surface area (Å²) in [6, 6.07) is 0. The average Bonchev–Trinajstić information content (AvgIpc) is 2.46. The van der Waals surface area contributed by atoms with Gasteiger partial charge in [-0.3, -0.25) is 0 Å². The fourth-order valence-electron chi connectivity index (χ4n) is 3.49. The van der Waals surface area contributed by atoms with Crippen LogP contribution in [0.3, 0.4) is 0 Å². The van der Waals surface area contributed by atoms with Crippen molar-refractivity contribution >= 4 is 5.97 Å². The van der Waals surface area contributed by atoms with Gasteiger partial charge in [-0.05, 0) is 19.3 Å². The standard InChI is InChI=1S/C18H26O5/c1-7-10-18(5,6)13-12(17(21)23-10)11(9(3)4)14(19)16(15(13)20)22-8-2/h9-10,19-20H,7-8H2,1-6H3. The molecule has 0 saturated heterocycles. The lowest BCUT2D eigenvalue weighted by Crippen LogP contribution is -2.43. The largest absolute Gasteiger partial charge is 0.504 e. The van der Waals surface area contributed by atoms with Crippen molar-refractivity contribution < 1.29 is 24.5 Å². The minimum absolute atomic E-state index is 0.0487. The second kappa shape index (κ2) is 5.95. The molecule has 5 nitrogen and oxygen atoms in total. The van der Waals surface area contributed by atoms with Gasteiger partial charge in [0, 0.05) is 16.5 Å². The van der Waals surface area contributed by atoms with Crippen molar-refractivity contribution in [3.63, 3.8) is 0 Å². The zero-order valence-electron chi connectivity index (χ0n) is 14.7. The predicted molar refractivity (Wildman–Crippen MR) is 87.6 cm³/mol. The summed E-state index contributed by atoms with van der Waals surface area (Å²) in [7, 11) is 0. The minimum atomic E-state index is -0.578. The summed E-state index contributed by atoms with van der Waals surface area (Å²) in [5.74, 6) is -0.911. The first-order valence-corrected chi connectivity index (χ1v) is 8.14. The third-order valence-electron chi connectivity index (χ3n) is 4.58. The van der Waals surface area contributed by atoms with Gasteiger partial charge in [-0.1, -0.05) is 34.6 Å². The molecule has 2 N–H and O–H groups in total. The lowest BCUT2D eigenvalue weighted by Gasteiger charge is -2.40. The van der Waals surface area contributed by atoms with Crippen LogP contribution in [0.2, 0.25) is 0 Å². The second-order valence-electron chi connectivity index (χ2n) is 6.80. The van der Waals surface area contributed by atoms with Gasteiger partial charge in [0.1, 0.15) is 6.10 Å². The molecule has 0 aliphatic carbocycles. The Balaban J connectivity index is 2.91. The lowest BCUT2D eigenvalue weighted by atomic mass is 9.71. The van der Waals surface area contributed by atoms with Crippen molar-refractivity contribution in [1.82, 2.24) is 0 Å². The molecular formula is C18H26O5. The first-order valence-electron chi connectivity index (χ1n) is 8.14. The summed E-state index contributed by atoms with van der Waals surface area (Å²) in [5.41, 5.74) is 0.665. The Morgan fingerprint density at radius 3 is 2.30 bits per heavy atom. The molecule has 1 aliphatic rings. The highest BCUT2D eigenvalue weighted by Crippen LogP contribution is 2.53. The van der Waals surface area contributed by atoms with Gasteiger partial charge in [0.25, 0.3) is 0 Å². The van der Waals surface area contributed by atoms with Gasteiger partial charge in [0.2, 0.25) is 5.75 Å². The Bertz CT molecular complexity index is 631. The van der Waals surface area contributed by atoms with Crippen LogP contribution in [-0.2, 0) is 10.2 Å². The van der Waals surface area contributed by atoms with E-state index in [0.717, 1.165) is 0 Å². The molecule has 1 heterocycles. The molecule has 0 radical (unpaired) electrons. The summed E-state index contributed by atoms with van der Waals surface area (Å²) in [4.78, 5) is 12.6. The number of esters is 1. The number of cyclic esters (lactones) is 1. The zero-order chi connectivity index (χ0) is 17.5. The number of ether oxygens (including phenoxy) is 2. The predicted octanol–water partition coefficient (Wildman–Crippen LogP) is 3.85. The van der Waals surface area contributed by atoms with Crippen molar-refractivity contribution in [2.45, 2.75) is 65.4 Å². The van der Waals surface area contributed by atoms with E-state index in [1.165, 1.54) is 0 Å². The number of hydrogen-bond donors (Lipinski definition) is 2. The molecule has 0 fully saturated rings. The van der Waals surface area contributed by atoms with Crippen LogP contribution in [0.25, 0.3) is 0 Å². The molecule has 1 aliphatic heterocycles. The van der Waals surface area contributed by atoms with E-state index in [0.29, 0.717) is 24.2 Å². The molecule has 2 rings (SSSR count). The molecular weight excluding hydrogens is 296 g/mol. The van der Waals surface area contributed by atoms with E-state index in [1.807, 2.05) is 34.6 Å². The van der Waals surface area contributed by atoms with Crippen LogP contribution in [0, 0.1) is 0 Å². The lowest BCUT2D eigenvalue weighted by molar-refractivity contribution is 0.000855. The highest BCUT2D eigenvalue weighted by Gasteiger charge is 2.46. The van der Waals surface area contributed by atoms with Gasteiger partial charge in [0.15, 0.2) is 11.5 Å². The number of phenols is 2. The number of carbonyl (C=O) groups excluding carboxylic acids is 1. The molecule has 0 amide bonds. The zero-order valence-corrected chi connectivity index (χ0v) is 14.7. The van der Waals surface area contributed by atoms with E-state index in [4.69, 9.17) is 9.47 Å². The molecule has 0 bridgehead atoms. The molecule has 1 atom stereocenters. The molecule has 1 unspecified atom stereocenters. The van der Waals surface area contributed by atoms with Gasteiger partial charge in [0.05, 0.1) is 12.2 Å². The SMILES string of the molecule is CCOc1c(O)c(C(C)C)c2c(c1O)C(C)(C)C(CC)OC2=O. The fourth-order valence-corrected chi connectivity index (χ4v) is 3.49. The van der Waals surface area contributed by atoms with Crippen LogP contribution in [-0.4, -0.2) is 28.9 Å².